The van der Waals surface area contributed by atoms with E-state index in [-0.39, 0.29) is 30.0 Å². The molecule has 0 radical (unpaired) electrons. The van der Waals surface area contributed by atoms with E-state index in [0.717, 1.165) is 12.8 Å². The number of hydrogen-bond donors (Lipinski definition) is 1. The minimum absolute atomic E-state index is 0.0584. The maximum atomic E-state index is 13.1. The number of terminal acetylenes is 1. The predicted molar refractivity (Wildman–Crippen MR) is 145 cm³/mol. The molecule has 0 aromatic carbocycles. The van der Waals surface area contributed by atoms with Gasteiger partial charge < -0.3 is 19.5 Å². The van der Waals surface area contributed by atoms with Crippen molar-refractivity contribution in [3.8, 4) is 23.5 Å². The Hall–Kier alpha value is -3.21. The van der Waals surface area contributed by atoms with Crippen LogP contribution in [0.15, 0.2) is 18.2 Å². The second-order valence-corrected chi connectivity index (χ2v) is 11.5. The molecular weight excluding hydrogens is 484 g/mol. The third-order valence-corrected chi connectivity index (χ3v) is 7.67. The standard InChI is InChI=1S/C23H36N2O6.C7H6/c1-8-14(3)19(24-21(27)31-23(4,5)6)20(26)30-18-12-10-11-17-16(18)13-15(9-2)25(17)22(28)29-7;1-5-4-6-2-3-7(5)6/h2,14-19H,8,10-13H2,1,3-7H3,(H,24,27);2-4H,1H3/t14-,15?,16+,17+,18-,19-;/m0./s1. The lowest BCUT2D eigenvalue weighted by atomic mass is 9.82. The summed E-state index contributed by atoms with van der Waals surface area (Å²) in [5.41, 5.74) is 3.69. The minimum atomic E-state index is -0.818. The molecule has 1 heterocycles. The SMILES string of the molecule is C#CC1C[C@H]2[C@@H](OC(=O)[C@@H](NC(=O)OC(C)(C)C)[C@@H](C)CC)CCC[C@H]2N1C(=O)OC.Cc1cc2ccc1-2. The minimum Gasteiger partial charge on any atom is -0.460 e. The lowest BCUT2D eigenvalue weighted by molar-refractivity contribution is -0.158. The van der Waals surface area contributed by atoms with Crippen LogP contribution < -0.4 is 5.32 Å². The first-order chi connectivity index (χ1) is 17.9. The van der Waals surface area contributed by atoms with Gasteiger partial charge in [0.05, 0.1) is 13.2 Å². The quantitative estimate of drug-likeness (QED) is 0.316. The van der Waals surface area contributed by atoms with Crippen molar-refractivity contribution in [2.24, 2.45) is 11.8 Å². The summed E-state index contributed by atoms with van der Waals surface area (Å²) in [6, 6.07) is 5.18. The van der Waals surface area contributed by atoms with Crippen molar-refractivity contribution in [1.29, 1.82) is 0 Å². The lowest BCUT2D eigenvalue weighted by Gasteiger charge is -2.37. The number of carbonyl (C=O) groups is 3. The zero-order valence-corrected chi connectivity index (χ0v) is 23.7. The molecule has 1 saturated heterocycles. The van der Waals surface area contributed by atoms with Gasteiger partial charge in [-0.25, -0.2) is 14.4 Å². The fraction of sp³-hybridized carbons (Fsp3) is 0.633. The van der Waals surface area contributed by atoms with Crippen LogP contribution in [0.25, 0.3) is 11.1 Å². The van der Waals surface area contributed by atoms with Gasteiger partial charge in [0.15, 0.2) is 0 Å². The van der Waals surface area contributed by atoms with Gasteiger partial charge in [-0.15, -0.1) is 6.42 Å². The first-order valence-corrected chi connectivity index (χ1v) is 13.5. The van der Waals surface area contributed by atoms with Gasteiger partial charge in [-0.2, -0.15) is 0 Å². The number of fused-ring (bicyclic) bond motifs is 2. The summed E-state index contributed by atoms with van der Waals surface area (Å²) in [6.07, 6.45) is 7.71. The number of aryl methyl sites for hydroxylation is 1. The monoisotopic (exact) mass is 526 g/mol. The highest BCUT2D eigenvalue weighted by atomic mass is 16.6. The van der Waals surface area contributed by atoms with Crippen LogP contribution in [-0.4, -0.2) is 60.0 Å². The molecule has 1 saturated carbocycles. The van der Waals surface area contributed by atoms with Gasteiger partial charge in [0.1, 0.15) is 17.7 Å². The van der Waals surface area contributed by atoms with Crippen LogP contribution in [0.1, 0.15) is 72.3 Å². The Kier molecular flexibility index (Phi) is 9.35. The average Bonchev–Trinajstić information content (AvgIpc) is 3.23. The maximum Gasteiger partial charge on any atom is 0.410 e. The number of esters is 1. The van der Waals surface area contributed by atoms with Gasteiger partial charge in [0.2, 0.25) is 0 Å². The summed E-state index contributed by atoms with van der Waals surface area (Å²) >= 11 is 0. The van der Waals surface area contributed by atoms with Gasteiger partial charge in [0.25, 0.3) is 0 Å². The average molecular weight is 527 g/mol. The number of benzene rings is 1. The molecule has 0 spiro atoms. The topological polar surface area (TPSA) is 94.2 Å². The van der Waals surface area contributed by atoms with Crippen LogP contribution in [0.5, 0.6) is 0 Å². The fourth-order valence-corrected chi connectivity index (χ4v) is 5.43. The molecule has 2 fully saturated rings. The molecule has 1 unspecified atom stereocenters. The third kappa shape index (κ3) is 6.61. The molecule has 8 heteroatoms. The molecule has 6 atom stereocenters. The molecule has 4 aliphatic rings. The molecule has 3 aliphatic carbocycles. The second-order valence-electron chi connectivity index (χ2n) is 11.5. The van der Waals surface area contributed by atoms with Crippen molar-refractivity contribution in [3.63, 3.8) is 0 Å². The molecule has 2 amide bonds. The number of rotatable bonds is 5. The van der Waals surface area contributed by atoms with Crippen molar-refractivity contribution in [1.82, 2.24) is 10.2 Å². The largest absolute Gasteiger partial charge is 0.460 e. The van der Waals surface area contributed by atoms with Crippen LogP contribution in [-0.2, 0) is 19.0 Å². The number of nitrogens with one attached hydrogen (secondary N) is 1. The Bertz CT molecular complexity index is 1070. The number of nitrogens with zero attached hydrogens (tertiary/aromatic N) is 1. The lowest BCUT2D eigenvalue weighted by Crippen LogP contribution is -2.50. The number of carbonyl (C=O) groups excluding carboxylic acids is 3. The van der Waals surface area contributed by atoms with Gasteiger partial charge in [-0.05, 0) is 76.0 Å². The zero-order valence-electron chi connectivity index (χ0n) is 23.7. The first-order valence-electron chi connectivity index (χ1n) is 13.5. The normalized spacial score (nSPS) is 24.4. The van der Waals surface area contributed by atoms with E-state index in [4.69, 9.17) is 20.6 Å². The second kappa shape index (κ2) is 12.1. The van der Waals surface area contributed by atoms with E-state index in [9.17, 15) is 14.4 Å². The van der Waals surface area contributed by atoms with Crippen molar-refractivity contribution in [2.45, 2.75) is 103 Å². The molecule has 38 heavy (non-hydrogen) atoms. The summed E-state index contributed by atoms with van der Waals surface area (Å²) in [6.45, 7) is 11.3. The summed E-state index contributed by atoms with van der Waals surface area (Å²) in [5, 5.41) is 2.68. The number of alkyl carbamates (subject to hydrolysis) is 1. The Morgan fingerprint density at radius 1 is 1.24 bits per heavy atom. The Morgan fingerprint density at radius 3 is 2.39 bits per heavy atom. The summed E-state index contributed by atoms with van der Waals surface area (Å²) < 4.78 is 16.2. The molecule has 1 aliphatic heterocycles. The fourth-order valence-electron chi connectivity index (χ4n) is 5.43. The zero-order chi connectivity index (χ0) is 28.2. The van der Waals surface area contributed by atoms with E-state index in [1.54, 1.807) is 25.7 Å². The van der Waals surface area contributed by atoms with Crippen LogP contribution in [0.4, 0.5) is 9.59 Å². The van der Waals surface area contributed by atoms with E-state index in [1.165, 1.54) is 23.8 Å². The van der Waals surface area contributed by atoms with Crippen LogP contribution >= 0.6 is 0 Å². The molecular formula is C30H42N2O6. The van der Waals surface area contributed by atoms with Gasteiger partial charge in [-0.3, -0.25) is 4.90 Å². The highest BCUT2D eigenvalue weighted by Gasteiger charge is 2.50. The number of likely N-dealkylation sites (tertiary alicyclic amines) is 1. The van der Waals surface area contributed by atoms with E-state index >= 15 is 0 Å². The third-order valence-electron chi connectivity index (χ3n) is 7.67. The Balaban J connectivity index is 0.000000483. The number of amides is 2. The van der Waals surface area contributed by atoms with E-state index < -0.39 is 29.8 Å². The molecule has 8 nitrogen and oxygen atoms in total. The van der Waals surface area contributed by atoms with Gasteiger partial charge in [-0.1, -0.05) is 44.4 Å². The highest BCUT2D eigenvalue weighted by Crippen LogP contribution is 2.41. The van der Waals surface area contributed by atoms with Crippen molar-refractivity contribution in [3.05, 3.63) is 23.8 Å². The molecule has 0 bridgehead atoms. The maximum absolute atomic E-state index is 13.1. The molecule has 1 N–H and O–H groups in total. The van der Waals surface area contributed by atoms with Crippen molar-refractivity contribution >= 4 is 18.2 Å². The molecule has 0 aromatic rings. The van der Waals surface area contributed by atoms with E-state index in [0.29, 0.717) is 19.3 Å². The number of methoxy groups -OCH3 is 1. The first kappa shape index (κ1) is 29.3. The molecule has 4 rings (SSSR count). The number of ether oxygens (including phenoxy) is 3. The number of hydrogen-bond acceptors (Lipinski definition) is 6. The van der Waals surface area contributed by atoms with Gasteiger partial charge >= 0.3 is 18.2 Å². The summed E-state index contributed by atoms with van der Waals surface area (Å²) in [4.78, 5) is 39.3. The van der Waals surface area contributed by atoms with Crippen LogP contribution in [0, 0.1) is 31.1 Å². The molecule has 0 aromatic heterocycles. The highest BCUT2D eigenvalue weighted by molar-refractivity contribution is 5.82. The summed E-state index contributed by atoms with van der Waals surface area (Å²) in [5.74, 6) is 1.99. The smallest absolute Gasteiger partial charge is 0.410 e. The van der Waals surface area contributed by atoms with Crippen molar-refractivity contribution in [2.75, 3.05) is 7.11 Å². The summed E-state index contributed by atoms with van der Waals surface area (Å²) in [7, 11) is 1.34. The van der Waals surface area contributed by atoms with Crippen LogP contribution in [0.3, 0.4) is 0 Å². The Labute approximate surface area is 226 Å². The predicted octanol–water partition coefficient (Wildman–Crippen LogP) is 5.46. The Morgan fingerprint density at radius 2 is 1.95 bits per heavy atom. The van der Waals surface area contributed by atoms with Crippen molar-refractivity contribution < 1.29 is 28.6 Å². The van der Waals surface area contributed by atoms with Crippen LogP contribution in [0.2, 0.25) is 0 Å². The molecule has 208 valence electrons. The van der Waals surface area contributed by atoms with E-state index in [1.807, 2.05) is 13.8 Å². The van der Waals surface area contributed by atoms with Gasteiger partial charge in [0, 0.05) is 12.0 Å². The van der Waals surface area contributed by atoms with E-state index in [2.05, 4.69) is 36.4 Å².